The van der Waals surface area contributed by atoms with Crippen molar-refractivity contribution in [2.24, 2.45) is 0 Å². The van der Waals surface area contributed by atoms with Gasteiger partial charge >= 0.3 is 5.97 Å². The fraction of sp³-hybridized carbons (Fsp3) is 0.304. The van der Waals surface area contributed by atoms with Crippen LogP contribution in [-0.2, 0) is 22.5 Å². The summed E-state index contributed by atoms with van der Waals surface area (Å²) in [6.45, 7) is 6.06. The number of para-hydroxylation sites is 1. The zero-order chi connectivity index (χ0) is 20.5. The lowest BCUT2D eigenvalue weighted by Crippen LogP contribution is -2.38. The molecule has 1 amide bonds. The fourth-order valence-electron chi connectivity index (χ4n) is 4.03. The van der Waals surface area contributed by atoms with E-state index in [1.165, 1.54) is 0 Å². The van der Waals surface area contributed by atoms with E-state index in [-0.39, 0.29) is 18.6 Å². The highest BCUT2D eigenvalue weighted by Gasteiger charge is 2.31. The molecule has 4 rings (SSSR count). The third-order valence-corrected chi connectivity index (χ3v) is 5.49. The van der Waals surface area contributed by atoms with Gasteiger partial charge < -0.3 is 18.6 Å². The molecule has 0 bridgehead atoms. The van der Waals surface area contributed by atoms with E-state index < -0.39 is 5.97 Å². The van der Waals surface area contributed by atoms with Gasteiger partial charge in [-0.05, 0) is 57.0 Å². The quantitative estimate of drug-likeness (QED) is 0.618. The average molecular weight is 392 g/mol. The molecule has 0 spiro atoms. The van der Waals surface area contributed by atoms with E-state index in [2.05, 4.69) is 0 Å². The van der Waals surface area contributed by atoms with Crippen LogP contribution in [0.1, 0.15) is 40.0 Å². The summed E-state index contributed by atoms with van der Waals surface area (Å²) < 4.78 is 12.8. The first-order valence-electron chi connectivity index (χ1n) is 9.72. The van der Waals surface area contributed by atoms with Crippen LogP contribution in [0.15, 0.2) is 53.1 Å². The summed E-state index contributed by atoms with van der Waals surface area (Å²) in [5.41, 5.74) is 4.23. The Balaban J connectivity index is 1.44. The molecule has 2 aromatic heterocycles. The number of anilines is 1. The molecule has 150 valence electrons. The van der Waals surface area contributed by atoms with Gasteiger partial charge in [0, 0.05) is 23.1 Å². The summed E-state index contributed by atoms with van der Waals surface area (Å²) in [4.78, 5) is 27.1. The first-order chi connectivity index (χ1) is 14.0. The van der Waals surface area contributed by atoms with Crippen LogP contribution in [0.4, 0.5) is 5.69 Å². The normalized spacial score (nSPS) is 15.4. The maximum absolute atomic E-state index is 12.8. The molecule has 0 N–H and O–H groups in total. The Morgan fingerprint density at radius 2 is 1.97 bits per heavy atom. The van der Waals surface area contributed by atoms with Gasteiger partial charge in [-0.25, -0.2) is 4.79 Å². The first-order valence-corrected chi connectivity index (χ1v) is 9.72. The van der Waals surface area contributed by atoms with Crippen molar-refractivity contribution in [1.82, 2.24) is 4.57 Å². The first kappa shape index (κ1) is 19.1. The van der Waals surface area contributed by atoms with E-state index in [0.717, 1.165) is 34.8 Å². The molecule has 1 aromatic carbocycles. The van der Waals surface area contributed by atoms with Crippen molar-refractivity contribution in [3.63, 3.8) is 0 Å². The third-order valence-electron chi connectivity index (χ3n) is 5.49. The number of hydrogen-bond donors (Lipinski definition) is 0. The number of carbonyl (C=O) groups excluding carboxylic acids is 2. The predicted molar refractivity (Wildman–Crippen MR) is 109 cm³/mol. The molecule has 0 saturated heterocycles. The van der Waals surface area contributed by atoms with Gasteiger partial charge in [0.05, 0.1) is 18.4 Å². The van der Waals surface area contributed by atoms with Crippen molar-refractivity contribution < 1.29 is 18.7 Å². The van der Waals surface area contributed by atoms with Gasteiger partial charge in [0.1, 0.15) is 5.76 Å². The number of ether oxygens (including phenoxy) is 1. The molecule has 0 fully saturated rings. The minimum Gasteiger partial charge on any atom is -0.467 e. The Hall–Kier alpha value is -3.28. The number of carbonyl (C=O) groups is 2. The minimum absolute atomic E-state index is 0.0527. The zero-order valence-corrected chi connectivity index (χ0v) is 16.8. The maximum Gasteiger partial charge on any atom is 0.340 e. The van der Waals surface area contributed by atoms with Gasteiger partial charge in [-0.15, -0.1) is 0 Å². The lowest BCUT2D eigenvalue weighted by molar-refractivity contribution is -0.122. The monoisotopic (exact) mass is 392 g/mol. The van der Waals surface area contributed by atoms with E-state index in [1.54, 1.807) is 17.2 Å². The molecule has 1 atom stereocenters. The molecule has 1 aliphatic rings. The van der Waals surface area contributed by atoms with Gasteiger partial charge in [0.2, 0.25) is 0 Å². The van der Waals surface area contributed by atoms with Crippen LogP contribution in [0.2, 0.25) is 0 Å². The molecular formula is C23H24N2O4. The topological polar surface area (TPSA) is 64.7 Å². The number of furan rings is 1. The second-order valence-electron chi connectivity index (χ2n) is 7.47. The minimum atomic E-state index is -0.489. The Kier molecular flexibility index (Phi) is 5.01. The summed E-state index contributed by atoms with van der Waals surface area (Å²) in [5.74, 6) is 0.112. The molecular weight excluding hydrogens is 368 g/mol. The van der Waals surface area contributed by atoms with Crippen LogP contribution >= 0.6 is 0 Å². The van der Waals surface area contributed by atoms with Crippen molar-refractivity contribution in [1.29, 1.82) is 0 Å². The Bertz CT molecular complexity index is 1050. The van der Waals surface area contributed by atoms with Crippen molar-refractivity contribution in [3.8, 4) is 0 Å². The maximum atomic E-state index is 12.8. The molecule has 1 aliphatic heterocycles. The summed E-state index contributed by atoms with van der Waals surface area (Å²) in [6.07, 6.45) is 2.44. The Labute approximate surface area is 169 Å². The molecule has 6 nitrogen and oxygen atoms in total. The number of aromatic nitrogens is 1. The van der Waals surface area contributed by atoms with Gasteiger partial charge in [-0.2, -0.15) is 0 Å². The standard InChI is InChI=1S/C23H24N2O4/c1-15-12-20(17(3)24(15)13-19-8-6-10-28-19)23(27)29-14-22(26)25-16(2)11-18-7-4-5-9-21(18)25/h4-10,12,16H,11,13-14H2,1-3H3/t16-/m1/s1. The van der Waals surface area contributed by atoms with Crippen LogP contribution in [0.3, 0.4) is 0 Å². The number of aryl methyl sites for hydroxylation is 1. The number of hydrogen-bond acceptors (Lipinski definition) is 4. The van der Waals surface area contributed by atoms with E-state index in [9.17, 15) is 9.59 Å². The molecule has 29 heavy (non-hydrogen) atoms. The molecule has 0 radical (unpaired) electrons. The van der Waals surface area contributed by atoms with Gasteiger partial charge in [-0.3, -0.25) is 4.79 Å². The molecule has 0 aliphatic carbocycles. The lowest BCUT2D eigenvalue weighted by Gasteiger charge is -2.22. The van der Waals surface area contributed by atoms with E-state index >= 15 is 0 Å². The van der Waals surface area contributed by atoms with Crippen molar-refractivity contribution in [2.75, 3.05) is 11.5 Å². The van der Waals surface area contributed by atoms with Crippen molar-refractivity contribution in [2.45, 2.75) is 39.8 Å². The van der Waals surface area contributed by atoms with Crippen molar-refractivity contribution in [3.05, 3.63) is 77.0 Å². The summed E-state index contributed by atoms with van der Waals surface area (Å²) in [5, 5.41) is 0. The fourth-order valence-corrected chi connectivity index (χ4v) is 4.03. The number of amides is 1. The second kappa shape index (κ2) is 7.62. The smallest absolute Gasteiger partial charge is 0.340 e. The van der Waals surface area contributed by atoms with Crippen LogP contribution < -0.4 is 4.90 Å². The number of esters is 1. The highest BCUT2D eigenvalue weighted by atomic mass is 16.5. The highest BCUT2D eigenvalue weighted by molar-refractivity contribution is 5.99. The van der Waals surface area contributed by atoms with Crippen LogP contribution in [0.25, 0.3) is 0 Å². The van der Waals surface area contributed by atoms with Crippen molar-refractivity contribution >= 4 is 17.6 Å². The molecule has 0 saturated carbocycles. The van der Waals surface area contributed by atoms with E-state index in [4.69, 9.17) is 9.15 Å². The highest BCUT2D eigenvalue weighted by Crippen LogP contribution is 2.31. The Morgan fingerprint density at radius 1 is 1.17 bits per heavy atom. The number of benzene rings is 1. The van der Waals surface area contributed by atoms with Crippen LogP contribution in [-0.4, -0.2) is 29.1 Å². The molecule has 6 heteroatoms. The van der Waals surface area contributed by atoms with E-state index in [0.29, 0.717) is 12.1 Å². The predicted octanol–water partition coefficient (Wildman–Crippen LogP) is 3.88. The lowest BCUT2D eigenvalue weighted by atomic mass is 10.1. The zero-order valence-electron chi connectivity index (χ0n) is 16.8. The van der Waals surface area contributed by atoms with E-state index in [1.807, 2.05) is 61.7 Å². The Morgan fingerprint density at radius 3 is 2.72 bits per heavy atom. The number of rotatable bonds is 5. The largest absolute Gasteiger partial charge is 0.467 e. The second-order valence-corrected chi connectivity index (χ2v) is 7.47. The third kappa shape index (κ3) is 3.58. The SMILES string of the molecule is Cc1cc(C(=O)OCC(=O)N2c3ccccc3C[C@H]2C)c(C)n1Cc1ccco1. The summed E-state index contributed by atoms with van der Waals surface area (Å²) in [7, 11) is 0. The average Bonchev–Trinajstić information content (AvgIpc) is 3.40. The van der Waals surface area contributed by atoms with Crippen LogP contribution in [0.5, 0.6) is 0 Å². The molecule has 3 heterocycles. The summed E-state index contributed by atoms with van der Waals surface area (Å²) >= 11 is 0. The molecule has 3 aromatic rings. The van der Waals surface area contributed by atoms with Crippen LogP contribution in [0, 0.1) is 13.8 Å². The van der Waals surface area contributed by atoms with Gasteiger partial charge in [0.15, 0.2) is 6.61 Å². The number of fused-ring (bicyclic) bond motifs is 1. The van der Waals surface area contributed by atoms with Gasteiger partial charge in [-0.1, -0.05) is 18.2 Å². The van der Waals surface area contributed by atoms with Gasteiger partial charge in [0.25, 0.3) is 5.91 Å². The molecule has 0 unspecified atom stereocenters. The summed E-state index contributed by atoms with van der Waals surface area (Å²) in [6, 6.07) is 13.4. The number of nitrogens with zero attached hydrogens (tertiary/aromatic N) is 2.